The van der Waals surface area contributed by atoms with Gasteiger partial charge in [-0.3, -0.25) is 14.9 Å². The number of ether oxygens (including phenoxy) is 1. The second kappa shape index (κ2) is 10.1. The Labute approximate surface area is 163 Å². The zero-order chi connectivity index (χ0) is 20.5. The molecule has 0 aliphatic rings. The summed E-state index contributed by atoms with van der Waals surface area (Å²) < 4.78 is 5.03. The van der Waals surface area contributed by atoms with Gasteiger partial charge in [0.25, 0.3) is 11.6 Å². The first-order chi connectivity index (χ1) is 13.4. The fourth-order valence-electron chi connectivity index (χ4n) is 2.62. The van der Waals surface area contributed by atoms with E-state index in [0.717, 1.165) is 18.9 Å². The van der Waals surface area contributed by atoms with E-state index in [1.807, 2.05) is 30.3 Å². The molecule has 0 aliphatic carbocycles. The smallest absolute Gasteiger partial charge is 0.341 e. The van der Waals surface area contributed by atoms with Crippen molar-refractivity contribution < 1.29 is 19.2 Å². The summed E-state index contributed by atoms with van der Waals surface area (Å²) >= 11 is 0. The number of nitro groups is 1. The molecule has 2 rings (SSSR count). The maximum Gasteiger partial charge on any atom is 0.341 e. The van der Waals surface area contributed by atoms with Crippen molar-refractivity contribution in [3.05, 3.63) is 69.8 Å². The fourth-order valence-corrected chi connectivity index (χ4v) is 2.62. The summed E-state index contributed by atoms with van der Waals surface area (Å²) in [6, 6.07) is 13.8. The van der Waals surface area contributed by atoms with Gasteiger partial charge in [-0.1, -0.05) is 30.3 Å². The van der Waals surface area contributed by atoms with E-state index >= 15 is 0 Å². The monoisotopic (exact) mass is 385 g/mol. The van der Waals surface area contributed by atoms with Crippen molar-refractivity contribution in [1.29, 1.82) is 0 Å². The molecule has 148 valence electrons. The summed E-state index contributed by atoms with van der Waals surface area (Å²) in [4.78, 5) is 36.2. The third-order valence-corrected chi connectivity index (χ3v) is 4.03. The molecule has 0 radical (unpaired) electrons. The first-order valence-corrected chi connectivity index (χ1v) is 8.82. The molecule has 0 bridgehead atoms. The molecule has 0 unspecified atom stereocenters. The van der Waals surface area contributed by atoms with Crippen molar-refractivity contribution in [2.24, 2.45) is 0 Å². The maximum atomic E-state index is 12.3. The Morgan fingerprint density at radius 3 is 2.50 bits per heavy atom. The van der Waals surface area contributed by atoms with Crippen LogP contribution in [0.2, 0.25) is 0 Å². The zero-order valence-corrected chi connectivity index (χ0v) is 15.9. The first-order valence-electron chi connectivity index (χ1n) is 8.82. The predicted molar refractivity (Wildman–Crippen MR) is 105 cm³/mol. The van der Waals surface area contributed by atoms with Gasteiger partial charge in [-0.25, -0.2) is 4.79 Å². The number of carbonyl (C=O) groups is 2. The highest BCUT2D eigenvalue weighted by molar-refractivity contribution is 5.97. The zero-order valence-electron chi connectivity index (χ0n) is 15.9. The van der Waals surface area contributed by atoms with Gasteiger partial charge in [0.15, 0.2) is 6.61 Å². The number of nitrogens with one attached hydrogen (secondary N) is 1. The number of esters is 1. The predicted octanol–water partition coefficient (Wildman–Crippen LogP) is 2.57. The third-order valence-electron chi connectivity index (χ3n) is 4.03. The molecule has 0 spiro atoms. The van der Waals surface area contributed by atoms with E-state index in [4.69, 9.17) is 4.74 Å². The van der Waals surface area contributed by atoms with Crippen molar-refractivity contribution in [2.75, 3.05) is 32.1 Å². The van der Waals surface area contributed by atoms with Gasteiger partial charge in [0.05, 0.1) is 16.2 Å². The third kappa shape index (κ3) is 6.08. The number of benzene rings is 2. The highest BCUT2D eigenvalue weighted by Crippen LogP contribution is 2.24. The van der Waals surface area contributed by atoms with Crippen LogP contribution in [0.3, 0.4) is 0 Å². The lowest BCUT2D eigenvalue weighted by molar-refractivity contribution is -0.384. The summed E-state index contributed by atoms with van der Waals surface area (Å²) in [5, 5.41) is 13.6. The normalized spacial score (nSPS) is 10.2. The summed E-state index contributed by atoms with van der Waals surface area (Å²) in [6.45, 7) is 0.0186. The van der Waals surface area contributed by atoms with Crippen LogP contribution in [0.4, 0.5) is 11.4 Å². The van der Waals surface area contributed by atoms with Gasteiger partial charge in [0.1, 0.15) is 0 Å². The summed E-state index contributed by atoms with van der Waals surface area (Å²) in [5.41, 5.74) is 1.47. The Morgan fingerprint density at radius 2 is 1.86 bits per heavy atom. The molecular weight excluding hydrogens is 362 g/mol. The van der Waals surface area contributed by atoms with Crippen molar-refractivity contribution in [1.82, 2.24) is 5.32 Å². The fraction of sp³-hybridized carbons (Fsp3) is 0.300. The van der Waals surface area contributed by atoms with Crippen LogP contribution in [-0.2, 0) is 16.0 Å². The Balaban J connectivity index is 1.84. The average Bonchev–Trinajstić information content (AvgIpc) is 2.69. The molecule has 28 heavy (non-hydrogen) atoms. The average molecular weight is 385 g/mol. The number of anilines is 1. The van der Waals surface area contributed by atoms with E-state index in [1.54, 1.807) is 19.0 Å². The summed E-state index contributed by atoms with van der Waals surface area (Å²) in [5.74, 6) is -1.20. The van der Waals surface area contributed by atoms with Crippen molar-refractivity contribution in [2.45, 2.75) is 12.8 Å². The second-order valence-corrected chi connectivity index (χ2v) is 6.37. The Hall–Kier alpha value is -3.42. The Morgan fingerprint density at radius 1 is 1.14 bits per heavy atom. The molecule has 2 aromatic carbocycles. The minimum Gasteiger partial charge on any atom is -0.452 e. The molecule has 8 nitrogen and oxygen atoms in total. The van der Waals surface area contributed by atoms with E-state index < -0.39 is 23.4 Å². The van der Waals surface area contributed by atoms with Gasteiger partial charge >= 0.3 is 5.97 Å². The lowest BCUT2D eigenvalue weighted by atomic mass is 10.1. The number of nitrogens with zero attached hydrogens (tertiary/aromatic N) is 2. The van der Waals surface area contributed by atoms with E-state index in [2.05, 4.69) is 5.32 Å². The van der Waals surface area contributed by atoms with E-state index in [-0.39, 0.29) is 11.3 Å². The first kappa shape index (κ1) is 20.9. The van der Waals surface area contributed by atoms with Crippen LogP contribution in [0, 0.1) is 10.1 Å². The molecule has 0 saturated carbocycles. The SMILES string of the molecule is CN(C)c1ccc([N+](=O)[O-])cc1C(=O)OCC(=O)NCCCc1ccccc1. The lowest BCUT2D eigenvalue weighted by Crippen LogP contribution is -2.30. The number of nitro benzene ring substituents is 1. The van der Waals surface area contributed by atoms with E-state index in [0.29, 0.717) is 12.2 Å². The number of non-ortho nitro benzene ring substituents is 1. The molecule has 0 saturated heterocycles. The molecule has 2 aromatic rings. The largest absolute Gasteiger partial charge is 0.452 e. The van der Waals surface area contributed by atoms with Crippen LogP contribution in [-0.4, -0.2) is 44.0 Å². The molecule has 0 atom stereocenters. The van der Waals surface area contributed by atoms with E-state index in [1.165, 1.54) is 17.7 Å². The minimum absolute atomic E-state index is 0.0380. The second-order valence-electron chi connectivity index (χ2n) is 6.37. The van der Waals surface area contributed by atoms with Crippen molar-refractivity contribution >= 4 is 23.3 Å². The summed E-state index contributed by atoms with van der Waals surface area (Å²) in [7, 11) is 3.41. The highest BCUT2D eigenvalue weighted by atomic mass is 16.6. The summed E-state index contributed by atoms with van der Waals surface area (Å²) in [6.07, 6.45) is 1.60. The highest BCUT2D eigenvalue weighted by Gasteiger charge is 2.20. The Kier molecular flexibility index (Phi) is 7.50. The Bertz CT molecular complexity index is 837. The molecule has 8 heteroatoms. The van der Waals surface area contributed by atoms with Gasteiger partial charge in [0, 0.05) is 32.8 Å². The van der Waals surface area contributed by atoms with Gasteiger partial charge in [-0.05, 0) is 24.5 Å². The van der Waals surface area contributed by atoms with Crippen molar-refractivity contribution in [3.63, 3.8) is 0 Å². The molecular formula is C20H23N3O5. The molecule has 0 fully saturated rings. The number of hydrogen-bond donors (Lipinski definition) is 1. The molecule has 1 amide bonds. The maximum absolute atomic E-state index is 12.3. The lowest BCUT2D eigenvalue weighted by Gasteiger charge is -2.16. The molecule has 1 N–H and O–H groups in total. The van der Waals surface area contributed by atoms with Gasteiger partial charge < -0.3 is 15.0 Å². The molecule has 0 aliphatic heterocycles. The number of amides is 1. The number of rotatable bonds is 9. The van der Waals surface area contributed by atoms with Gasteiger partial charge in [-0.2, -0.15) is 0 Å². The van der Waals surface area contributed by atoms with Gasteiger partial charge in [0.2, 0.25) is 0 Å². The van der Waals surface area contributed by atoms with Crippen LogP contribution in [0.15, 0.2) is 48.5 Å². The van der Waals surface area contributed by atoms with Crippen molar-refractivity contribution in [3.8, 4) is 0 Å². The van der Waals surface area contributed by atoms with E-state index in [9.17, 15) is 19.7 Å². The van der Waals surface area contributed by atoms with Crippen LogP contribution >= 0.6 is 0 Å². The van der Waals surface area contributed by atoms with Crippen LogP contribution < -0.4 is 10.2 Å². The number of carbonyl (C=O) groups excluding carboxylic acids is 2. The van der Waals surface area contributed by atoms with Crippen LogP contribution in [0.5, 0.6) is 0 Å². The minimum atomic E-state index is -0.785. The van der Waals surface area contributed by atoms with Gasteiger partial charge in [-0.15, -0.1) is 0 Å². The number of hydrogen-bond acceptors (Lipinski definition) is 6. The van der Waals surface area contributed by atoms with Crippen LogP contribution in [0.1, 0.15) is 22.3 Å². The molecule has 0 aromatic heterocycles. The topological polar surface area (TPSA) is 102 Å². The standard InChI is InChI=1S/C20H23N3O5/c1-22(2)18-11-10-16(23(26)27)13-17(18)20(25)28-14-19(24)21-12-6-9-15-7-4-3-5-8-15/h3-5,7-8,10-11,13H,6,9,12,14H2,1-2H3,(H,21,24). The number of aryl methyl sites for hydroxylation is 1. The van der Waals surface area contributed by atoms with Crippen LogP contribution in [0.25, 0.3) is 0 Å². The quantitative estimate of drug-likeness (QED) is 0.308. The molecule has 0 heterocycles.